The average molecular weight is 236 g/mol. The molecule has 0 aliphatic heterocycles. The number of aryl methyl sites for hydroxylation is 1. The molecule has 1 aromatic carbocycles. The molecule has 0 saturated heterocycles. The fourth-order valence-corrected chi connectivity index (χ4v) is 1.90. The lowest BCUT2D eigenvalue weighted by Gasteiger charge is -2.01. The molecule has 0 unspecified atom stereocenters. The minimum atomic E-state index is 0.688. The number of rotatable bonds is 3. The van der Waals surface area contributed by atoms with Crippen molar-refractivity contribution in [1.82, 2.24) is 15.1 Å². The van der Waals surface area contributed by atoms with Gasteiger partial charge in [-0.3, -0.25) is 4.68 Å². The fraction of sp³-hybridized carbons (Fsp3) is 0.250. The molecule has 84 valence electrons. The maximum absolute atomic E-state index is 6.20. The molecule has 0 amide bonds. The number of nitrogens with one attached hydrogen (secondary N) is 1. The van der Waals surface area contributed by atoms with Gasteiger partial charge in [-0.15, -0.1) is 0 Å². The molecule has 4 heteroatoms. The number of benzene rings is 1. The van der Waals surface area contributed by atoms with E-state index in [1.807, 2.05) is 44.4 Å². The molecule has 0 aliphatic rings. The monoisotopic (exact) mass is 235 g/mol. The summed E-state index contributed by atoms with van der Waals surface area (Å²) in [5, 5.41) is 8.24. The zero-order valence-electron chi connectivity index (χ0n) is 9.37. The summed E-state index contributed by atoms with van der Waals surface area (Å²) >= 11 is 6.20. The first-order valence-corrected chi connectivity index (χ1v) is 5.53. The normalized spacial score (nSPS) is 10.7. The summed E-state index contributed by atoms with van der Waals surface area (Å²) in [5.41, 5.74) is 3.08. The Balaban J connectivity index is 2.52. The van der Waals surface area contributed by atoms with E-state index in [1.54, 1.807) is 4.68 Å². The maximum atomic E-state index is 6.20. The SMILES string of the molecule is CNCc1c(-c2ccccc2)nn(C)c1Cl. The zero-order chi connectivity index (χ0) is 11.5. The van der Waals surface area contributed by atoms with E-state index in [0.717, 1.165) is 23.4 Å². The van der Waals surface area contributed by atoms with Crippen LogP contribution >= 0.6 is 11.6 Å². The van der Waals surface area contributed by atoms with Gasteiger partial charge in [0.2, 0.25) is 0 Å². The Kier molecular flexibility index (Phi) is 3.27. The molecular weight excluding hydrogens is 222 g/mol. The van der Waals surface area contributed by atoms with Crippen LogP contribution in [0.3, 0.4) is 0 Å². The first-order chi connectivity index (χ1) is 7.74. The summed E-state index contributed by atoms with van der Waals surface area (Å²) in [7, 11) is 3.76. The maximum Gasteiger partial charge on any atom is 0.131 e. The molecule has 0 aliphatic carbocycles. The van der Waals surface area contributed by atoms with Crippen molar-refractivity contribution in [3.8, 4) is 11.3 Å². The number of aromatic nitrogens is 2. The smallest absolute Gasteiger partial charge is 0.131 e. The van der Waals surface area contributed by atoms with Crippen LogP contribution in [-0.2, 0) is 13.6 Å². The van der Waals surface area contributed by atoms with E-state index in [1.165, 1.54) is 0 Å². The van der Waals surface area contributed by atoms with Crippen LogP contribution < -0.4 is 5.32 Å². The Morgan fingerprint density at radius 1 is 1.31 bits per heavy atom. The summed E-state index contributed by atoms with van der Waals surface area (Å²) < 4.78 is 1.70. The Bertz CT molecular complexity index is 477. The van der Waals surface area contributed by atoms with Crippen LogP contribution in [0.15, 0.2) is 30.3 Å². The van der Waals surface area contributed by atoms with Crippen LogP contribution in [0, 0.1) is 0 Å². The number of nitrogens with zero attached hydrogens (tertiary/aromatic N) is 2. The van der Waals surface area contributed by atoms with Gasteiger partial charge < -0.3 is 5.32 Å². The van der Waals surface area contributed by atoms with Crippen molar-refractivity contribution in [2.24, 2.45) is 7.05 Å². The van der Waals surface area contributed by atoms with E-state index in [2.05, 4.69) is 10.4 Å². The summed E-state index contributed by atoms with van der Waals surface area (Å²) in [5.74, 6) is 0. The van der Waals surface area contributed by atoms with Gasteiger partial charge in [-0.1, -0.05) is 41.9 Å². The van der Waals surface area contributed by atoms with E-state index in [0.29, 0.717) is 5.15 Å². The average Bonchev–Trinajstić information content (AvgIpc) is 2.59. The Labute approximate surface area is 100 Å². The van der Waals surface area contributed by atoms with Gasteiger partial charge in [-0.25, -0.2) is 0 Å². The van der Waals surface area contributed by atoms with E-state index >= 15 is 0 Å². The summed E-state index contributed by atoms with van der Waals surface area (Å²) in [6.45, 7) is 0.719. The number of hydrogen-bond acceptors (Lipinski definition) is 2. The Morgan fingerprint density at radius 3 is 2.62 bits per heavy atom. The van der Waals surface area contributed by atoms with Crippen LogP contribution in [0.5, 0.6) is 0 Å². The molecule has 0 radical (unpaired) electrons. The Hall–Kier alpha value is -1.32. The van der Waals surface area contributed by atoms with Gasteiger partial charge in [0.25, 0.3) is 0 Å². The predicted molar refractivity (Wildman–Crippen MR) is 66.4 cm³/mol. The molecule has 1 N–H and O–H groups in total. The highest BCUT2D eigenvalue weighted by molar-refractivity contribution is 6.30. The molecule has 16 heavy (non-hydrogen) atoms. The minimum absolute atomic E-state index is 0.688. The van der Waals surface area contributed by atoms with Crippen LogP contribution in [0.2, 0.25) is 5.15 Å². The van der Waals surface area contributed by atoms with Crippen LogP contribution in [-0.4, -0.2) is 16.8 Å². The number of halogens is 1. The van der Waals surface area contributed by atoms with E-state index in [9.17, 15) is 0 Å². The molecule has 0 bridgehead atoms. The second-order valence-electron chi connectivity index (χ2n) is 3.64. The summed E-state index contributed by atoms with van der Waals surface area (Å²) in [6, 6.07) is 10.1. The van der Waals surface area contributed by atoms with Crippen molar-refractivity contribution in [3.05, 3.63) is 41.0 Å². The second-order valence-corrected chi connectivity index (χ2v) is 4.00. The third-order valence-electron chi connectivity index (χ3n) is 2.47. The molecule has 3 nitrogen and oxygen atoms in total. The second kappa shape index (κ2) is 4.68. The van der Waals surface area contributed by atoms with Crippen molar-refractivity contribution >= 4 is 11.6 Å². The molecule has 0 atom stereocenters. The lowest BCUT2D eigenvalue weighted by Crippen LogP contribution is -2.05. The van der Waals surface area contributed by atoms with Gasteiger partial charge in [0, 0.05) is 24.7 Å². The minimum Gasteiger partial charge on any atom is -0.315 e. The topological polar surface area (TPSA) is 29.9 Å². The zero-order valence-corrected chi connectivity index (χ0v) is 10.1. The van der Waals surface area contributed by atoms with Gasteiger partial charge in [-0.05, 0) is 7.05 Å². The fourth-order valence-electron chi connectivity index (χ4n) is 1.71. The number of hydrogen-bond donors (Lipinski definition) is 1. The molecule has 2 aromatic rings. The van der Waals surface area contributed by atoms with E-state index < -0.39 is 0 Å². The molecule has 0 spiro atoms. The predicted octanol–water partition coefficient (Wildman–Crippen LogP) is 2.46. The van der Waals surface area contributed by atoms with Gasteiger partial charge in [0.1, 0.15) is 5.15 Å². The molecular formula is C12H14ClN3. The summed E-state index contributed by atoms with van der Waals surface area (Å²) in [6.07, 6.45) is 0. The third-order valence-corrected chi connectivity index (χ3v) is 2.94. The van der Waals surface area contributed by atoms with Gasteiger partial charge >= 0.3 is 0 Å². The largest absolute Gasteiger partial charge is 0.315 e. The van der Waals surface area contributed by atoms with Crippen molar-refractivity contribution in [3.63, 3.8) is 0 Å². The standard InChI is InChI=1S/C12H14ClN3/c1-14-8-10-11(15-16(2)12(10)13)9-6-4-3-5-7-9/h3-7,14H,8H2,1-2H3. The molecule has 0 saturated carbocycles. The lowest BCUT2D eigenvalue weighted by molar-refractivity contribution is 0.767. The molecule has 1 aromatic heterocycles. The highest BCUT2D eigenvalue weighted by atomic mass is 35.5. The van der Waals surface area contributed by atoms with Crippen molar-refractivity contribution in [2.45, 2.75) is 6.54 Å². The van der Waals surface area contributed by atoms with E-state index in [4.69, 9.17) is 11.6 Å². The van der Waals surface area contributed by atoms with Gasteiger partial charge in [-0.2, -0.15) is 5.10 Å². The van der Waals surface area contributed by atoms with Crippen molar-refractivity contribution in [1.29, 1.82) is 0 Å². The van der Waals surface area contributed by atoms with Crippen molar-refractivity contribution in [2.75, 3.05) is 7.05 Å². The molecule has 2 rings (SSSR count). The first-order valence-electron chi connectivity index (χ1n) is 5.15. The molecule has 1 heterocycles. The van der Waals surface area contributed by atoms with Crippen molar-refractivity contribution < 1.29 is 0 Å². The molecule has 0 fully saturated rings. The van der Waals surface area contributed by atoms with Crippen LogP contribution in [0.1, 0.15) is 5.56 Å². The lowest BCUT2D eigenvalue weighted by atomic mass is 10.1. The third kappa shape index (κ3) is 1.96. The van der Waals surface area contributed by atoms with Gasteiger partial charge in [0.15, 0.2) is 0 Å². The van der Waals surface area contributed by atoms with Crippen LogP contribution in [0.4, 0.5) is 0 Å². The van der Waals surface area contributed by atoms with Gasteiger partial charge in [0.05, 0.1) is 5.69 Å². The van der Waals surface area contributed by atoms with Crippen LogP contribution in [0.25, 0.3) is 11.3 Å². The highest BCUT2D eigenvalue weighted by Gasteiger charge is 2.14. The first kappa shape index (κ1) is 11.2. The Morgan fingerprint density at radius 2 is 2.00 bits per heavy atom. The quantitative estimate of drug-likeness (QED) is 0.886. The highest BCUT2D eigenvalue weighted by Crippen LogP contribution is 2.27. The van der Waals surface area contributed by atoms with E-state index in [-0.39, 0.29) is 0 Å². The summed E-state index contributed by atoms with van der Waals surface area (Å²) in [4.78, 5) is 0.